The van der Waals surface area contributed by atoms with Crippen LogP contribution in [-0.4, -0.2) is 41.9 Å². The number of amides is 2. The molecule has 0 spiro atoms. The number of urea groups is 1. The second-order valence-corrected chi connectivity index (χ2v) is 6.39. The second-order valence-electron chi connectivity index (χ2n) is 6.39. The molecule has 4 nitrogen and oxygen atoms in total. The van der Waals surface area contributed by atoms with Crippen LogP contribution in [0, 0.1) is 5.92 Å². The Morgan fingerprint density at radius 2 is 1.96 bits per heavy atom. The van der Waals surface area contributed by atoms with E-state index in [2.05, 4.69) is 5.32 Å². The number of rotatable bonds is 4. The molecule has 1 aromatic rings. The van der Waals surface area contributed by atoms with Gasteiger partial charge in [0.05, 0.1) is 6.42 Å². The molecule has 0 heterocycles. The maximum absolute atomic E-state index is 12.5. The van der Waals surface area contributed by atoms with Gasteiger partial charge in [0.15, 0.2) is 0 Å². The number of carbonyl (C=O) groups excluding carboxylic acids is 1. The van der Waals surface area contributed by atoms with E-state index in [0.717, 1.165) is 25.7 Å². The monoisotopic (exact) mass is 344 g/mol. The van der Waals surface area contributed by atoms with Crippen LogP contribution in [0.25, 0.3) is 0 Å². The average molecular weight is 344 g/mol. The summed E-state index contributed by atoms with van der Waals surface area (Å²) < 4.78 is 37.4. The first-order valence-electron chi connectivity index (χ1n) is 8.09. The fourth-order valence-electron chi connectivity index (χ4n) is 3.08. The number of halogens is 3. The van der Waals surface area contributed by atoms with Gasteiger partial charge in [-0.2, -0.15) is 13.2 Å². The summed E-state index contributed by atoms with van der Waals surface area (Å²) in [5.41, 5.74) is 0.476. The van der Waals surface area contributed by atoms with Crippen molar-refractivity contribution in [1.82, 2.24) is 4.90 Å². The molecule has 0 radical (unpaired) electrons. The fourth-order valence-corrected chi connectivity index (χ4v) is 3.08. The summed E-state index contributed by atoms with van der Waals surface area (Å²) >= 11 is 0. The molecule has 0 aromatic heterocycles. The molecule has 0 unspecified atom stereocenters. The van der Waals surface area contributed by atoms with Crippen molar-refractivity contribution in [2.75, 3.05) is 19.0 Å². The lowest BCUT2D eigenvalue weighted by Gasteiger charge is -2.34. The number of aliphatic hydroxyl groups excluding tert-OH is 1. The summed E-state index contributed by atoms with van der Waals surface area (Å²) in [7, 11) is 1.69. The summed E-state index contributed by atoms with van der Waals surface area (Å²) in [5, 5.41) is 11.8. The van der Waals surface area contributed by atoms with E-state index < -0.39 is 12.6 Å². The van der Waals surface area contributed by atoms with E-state index in [-0.39, 0.29) is 24.2 Å². The zero-order valence-corrected chi connectivity index (χ0v) is 13.6. The Labute approximate surface area is 139 Å². The summed E-state index contributed by atoms with van der Waals surface area (Å²) in [5.74, 6) is 0.303. The third-order valence-electron chi connectivity index (χ3n) is 4.53. The molecule has 7 heteroatoms. The fraction of sp³-hybridized carbons (Fsp3) is 0.588. The van der Waals surface area contributed by atoms with Gasteiger partial charge in [-0.3, -0.25) is 0 Å². The van der Waals surface area contributed by atoms with Crippen molar-refractivity contribution in [2.24, 2.45) is 5.92 Å². The molecule has 1 aliphatic rings. The second kappa shape index (κ2) is 7.88. The lowest BCUT2D eigenvalue weighted by molar-refractivity contribution is -0.127. The van der Waals surface area contributed by atoms with Gasteiger partial charge in [-0.05, 0) is 49.3 Å². The molecule has 24 heavy (non-hydrogen) atoms. The van der Waals surface area contributed by atoms with Gasteiger partial charge in [0, 0.05) is 25.4 Å². The molecule has 1 fully saturated rings. The number of hydrogen-bond acceptors (Lipinski definition) is 2. The summed E-state index contributed by atoms with van der Waals surface area (Å²) in [6.45, 7) is 0.175. The van der Waals surface area contributed by atoms with Crippen LogP contribution < -0.4 is 5.32 Å². The summed E-state index contributed by atoms with van der Waals surface area (Å²) in [6, 6.07) is 5.58. The standard InChI is InChI=1S/C17H23F3N2O2/c1-22(15-7-5-12(11-23)6-8-15)16(24)21-14-4-2-3-13(9-14)10-17(18,19)20/h2-4,9,12,15,23H,5-8,10-11H2,1H3,(H,21,24). The van der Waals surface area contributed by atoms with Gasteiger partial charge < -0.3 is 15.3 Å². The molecular weight excluding hydrogens is 321 g/mol. The van der Waals surface area contributed by atoms with E-state index in [1.54, 1.807) is 18.0 Å². The first-order chi connectivity index (χ1) is 11.3. The maximum Gasteiger partial charge on any atom is 0.393 e. The highest BCUT2D eigenvalue weighted by Crippen LogP contribution is 2.27. The molecule has 1 aliphatic carbocycles. The third-order valence-corrected chi connectivity index (χ3v) is 4.53. The van der Waals surface area contributed by atoms with Crippen molar-refractivity contribution in [3.63, 3.8) is 0 Å². The molecule has 2 amide bonds. The van der Waals surface area contributed by atoms with Crippen LogP contribution >= 0.6 is 0 Å². The van der Waals surface area contributed by atoms with Gasteiger partial charge in [-0.15, -0.1) is 0 Å². The van der Waals surface area contributed by atoms with Gasteiger partial charge in [-0.25, -0.2) is 4.79 Å². The molecule has 0 bridgehead atoms. The van der Waals surface area contributed by atoms with Gasteiger partial charge in [-0.1, -0.05) is 12.1 Å². The maximum atomic E-state index is 12.5. The van der Waals surface area contributed by atoms with Gasteiger partial charge in [0.25, 0.3) is 0 Å². The van der Waals surface area contributed by atoms with Crippen LogP contribution in [0.1, 0.15) is 31.2 Å². The summed E-state index contributed by atoms with van der Waals surface area (Å²) in [4.78, 5) is 13.9. The number of nitrogens with one attached hydrogen (secondary N) is 1. The van der Waals surface area contributed by atoms with Gasteiger partial charge in [0.1, 0.15) is 0 Å². The Bertz CT molecular complexity index is 555. The number of hydrogen-bond donors (Lipinski definition) is 2. The SMILES string of the molecule is CN(C(=O)Nc1cccc(CC(F)(F)F)c1)C1CCC(CO)CC1. The van der Waals surface area contributed by atoms with Crippen LogP contribution in [0.4, 0.5) is 23.7 Å². The molecule has 0 saturated heterocycles. The average Bonchev–Trinajstić information content (AvgIpc) is 2.53. The Hall–Kier alpha value is -1.76. The van der Waals surface area contributed by atoms with Crippen LogP contribution in [0.2, 0.25) is 0 Å². The van der Waals surface area contributed by atoms with E-state index >= 15 is 0 Å². The quantitative estimate of drug-likeness (QED) is 0.873. The van der Waals surface area contributed by atoms with Crippen molar-refractivity contribution in [3.8, 4) is 0 Å². The van der Waals surface area contributed by atoms with E-state index in [1.165, 1.54) is 18.2 Å². The number of alkyl halides is 3. The first kappa shape index (κ1) is 18.6. The molecular formula is C17H23F3N2O2. The largest absolute Gasteiger partial charge is 0.396 e. The van der Waals surface area contributed by atoms with Crippen molar-refractivity contribution in [3.05, 3.63) is 29.8 Å². The van der Waals surface area contributed by atoms with Crippen LogP contribution in [0.5, 0.6) is 0 Å². The van der Waals surface area contributed by atoms with Crippen molar-refractivity contribution < 1.29 is 23.1 Å². The van der Waals surface area contributed by atoms with Crippen LogP contribution in [0.15, 0.2) is 24.3 Å². The molecule has 2 N–H and O–H groups in total. The zero-order valence-electron chi connectivity index (χ0n) is 13.6. The third kappa shape index (κ3) is 5.40. The number of benzene rings is 1. The molecule has 134 valence electrons. The molecule has 0 aliphatic heterocycles. The molecule has 2 rings (SSSR count). The minimum absolute atomic E-state index is 0.0890. The highest BCUT2D eigenvalue weighted by atomic mass is 19.4. The minimum Gasteiger partial charge on any atom is -0.396 e. The first-order valence-corrected chi connectivity index (χ1v) is 8.09. The Morgan fingerprint density at radius 3 is 2.54 bits per heavy atom. The normalized spacial score (nSPS) is 21.4. The lowest BCUT2D eigenvalue weighted by Crippen LogP contribution is -2.42. The number of carbonyl (C=O) groups is 1. The highest BCUT2D eigenvalue weighted by molar-refractivity contribution is 5.89. The number of nitrogens with zero attached hydrogens (tertiary/aromatic N) is 1. The summed E-state index contributed by atoms with van der Waals surface area (Å²) in [6.07, 6.45) is -1.89. The van der Waals surface area contributed by atoms with Crippen LogP contribution in [0.3, 0.4) is 0 Å². The van der Waals surface area contributed by atoms with E-state index in [4.69, 9.17) is 5.11 Å². The van der Waals surface area contributed by atoms with Gasteiger partial charge in [0.2, 0.25) is 0 Å². The van der Waals surface area contributed by atoms with Crippen LogP contribution in [-0.2, 0) is 6.42 Å². The van der Waals surface area contributed by atoms with Crippen molar-refractivity contribution in [1.29, 1.82) is 0 Å². The molecule has 1 saturated carbocycles. The highest BCUT2D eigenvalue weighted by Gasteiger charge is 2.28. The van der Waals surface area contributed by atoms with Crippen molar-refractivity contribution >= 4 is 11.7 Å². The van der Waals surface area contributed by atoms with Gasteiger partial charge >= 0.3 is 12.2 Å². The molecule has 1 aromatic carbocycles. The topological polar surface area (TPSA) is 52.6 Å². The predicted molar refractivity (Wildman–Crippen MR) is 85.8 cm³/mol. The lowest BCUT2D eigenvalue weighted by atomic mass is 9.86. The minimum atomic E-state index is -4.27. The zero-order chi connectivity index (χ0) is 17.7. The van der Waals surface area contributed by atoms with E-state index in [0.29, 0.717) is 11.6 Å². The Morgan fingerprint density at radius 1 is 1.29 bits per heavy atom. The smallest absolute Gasteiger partial charge is 0.393 e. The van der Waals surface area contributed by atoms with E-state index in [9.17, 15) is 18.0 Å². The van der Waals surface area contributed by atoms with E-state index in [1.807, 2.05) is 0 Å². The number of aliphatic hydroxyl groups is 1. The Balaban J connectivity index is 1.93. The Kier molecular flexibility index (Phi) is 6.10. The van der Waals surface area contributed by atoms with Crippen molar-refractivity contribution in [2.45, 2.75) is 44.3 Å². The number of anilines is 1. The predicted octanol–water partition coefficient (Wildman–Crippen LogP) is 3.81. The molecule has 0 atom stereocenters.